The summed E-state index contributed by atoms with van der Waals surface area (Å²) in [5, 5.41) is 0. The molecule has 1 aromatic heterocycles. The highest BCUT2D eigenvalue weighted by Gasteiger charge is 2.72. The Morgan fingerprint density at radius 1 is 1.18 bits per heavy atom. The van der Waals surface area contributed by atoms with E-state index in [1.165, 1.54) is 6.07 Å². The number of halogens is 1. The lowest BCUT2D eigenvalue weighted by Gasteiger charge is -2.34. The predicted molar refractivity (Wildman–Crippen MR) is 123 cm³/mol. The van der Waals surface area contributed by atoms with Gasteiger partial charge in [-0.05, 0) is 44.4 Å². The van der Waals surface area contributed by atoms with Crippen LogP contribution in [0.15, 0.2) is 24.3 Å². The van der Waals surface area contributed by atoms with E-state index in [0.29, 0.717) is 30.3 Å². The number of aromatic nitrogens is 1. The van der Waals surface area contributed by atoms with Crippen LogP contribution >= 0.6 is 0 Å². The van der Waals surface area contributed by atoms with Gasteiger partial charge in [0.2, 0.25) is 0 Å². The van der Waals surface area contributed by atoms with E-state index in [9.17, 15) is 9.59 Å². The summed E-state index contributed by atoms with van der Waals surface area (Å²) in [5.74, 6) is 0.387. The first-order valence-corrected chi connectivity index (χ1v) is 11.6. The Morgan fingerprint density at radius 2 is 1.94 bits per heavy atom. The van der Waals surface area contributed by atoms with Crippen LogP contribution in [0.1, 0.15) is 42.1 Å². The molecule has 1 aromatic carbocycles. The summed E-state index contributed by atoms with van der Waals surface area (Å²) >= 11 is 0. The van der Waals surface area contributed by atoms with Gasteiger partial charge in [0, 0.05) is 31.3 Å². The summed E-state index contributed by atoms with van der Waals surface area (Å²) in [4.78, 5) is 34.9. The van der Waals surface area contributed by atoms with Crippen molar-refractivity contribution in [2.75, 3.05) is 43.7 Å². The molecule has 0 N–H and O–H groups in total. The number of methoxy groups -OCH3 is 2. The van der Waals surface area contributed by atoms with Crippen molar-refractivity contribution in [1.29, 1.82) is 0 Å². The van der Waals surface area contributed by atoms with Crippen molar-refractivity contribution < 1.29 is 28.2 Å². The number of benzene rings is 1. The number of pyridine rings is 1. The van der Waals surface area contributed by atoms with Crippen molar-refractivity contribution in [3.63, 3.8) is 0 Å². The number of hydrogen-bond donors (Lipinski definition) is 0. The maximum atomic E-state index is 15.1. The number of fused-ring (bicyclic) bond motifs is 2. The number of Topliss-reactive ketones (excluding diaryl/α,β-unsaturated/α-hetero) is 1. The van der Waals surface area contributed by atoms with Gasteiger partial charge in [0.15, 0.2) is 22.8 Å². The van der Waals surface area contributed by atoms with Crippen LogP contribution in [0.25, 0.3) is 0 Å². The lowest BCUT2D eigenvalue weighted by Crippen LogP contribution is -2.44. The standard InChI is InChI=1S/C25H28FN3O5/c1-4-34-24(31)25-13-20(25)29(14-15-7-8-16(32-2)11-19(15)33-3)22-17(21(25)30)12-18(26)23(27-22)28-9-5-6-10-28/h7-8,11-12,20H,4-6,9-10,13-14H2,1-3H3. The number of carbonyl (C=O) groups excluding carboxylic acids is 2. The van der Waals surface area contributed by atoms with Crippen LogP contribution in [0.3, 0.4) is 0 Å². The number of carbonyl (C=O) groups is 2. The number of anilines is 2. The summed E-state index contributed by atoms with van der Waals surface area (Å²) in [5.41, 5.74) is -0.372. The molecule has 0 radical (unpaired) electrons. The molecule has 0 spiro atoms. The van der Waals surface area contributed by atoms with Crippen LogP contribution < -0.4 is 19.3 Å². The van der Waals surface area contributed by atoms with Gasteiger partial charge >= 0.3 is 5.97 Å². The molecule has 2 aromatic rings. The van der Waals surface area contributed by atoms with Crippen molar-refractivity contribution >= 4 is 23.4 Å². The zero-order valence-electron chi connectivity index (χ0n) is 19.6. The summed E-state index contributed by atoms with van der Waals surface area (Å²) in [6, 6.07) is 6.32. The molecule has 2 fully saturated rings. The van der Waals surface area contributed by atoms with E-state index >= 15 is 4.39 Å². The van der Waals surface area contributed by atoms with Gasteiger partial charge in [0.25, 0.3) is 0 Å². The van der Waals surface area contributed by atoms with E-state index in [4.69, 9.17) is 14.2 Å². The molecule has 8 nitrogen and oxygen atoms in total. The minimum Gasteiger partial charge on any atom is -0.497 e. The lowest BCUT2D eigenvalue weighted by molar-refractivity contribution is -0.147. The number of rotatable bonds is 7. The van der Waals surface area contributed by atoms with Gasteiger partial charge in [0.1, 0.15) is 17.3 Å². The molecule has 2 aliphatic heterocycles. The second-order valence-electron chi connectivity index (χ2n) is 8.91. The molecular weight excluding hydrogens is 441 g/mol. The first-order chi connectivity index (χ1) is 16.4. The average molecular weight is 470 g/mol. The summed E-state index contributed by atoms with van der Waals surface area (Å²) in [7, 11) is 3.16. The Balaban J connectivity index is 1.61. The molecule has 180 valence electrons. The molecule has 2 atom stereocenters. The Morgan fingerprint density at radius 3 is 2.62 bits per heavy atom. The lowest BCUT2D eigenvalue weighted by atomic mass is 9.90. The Labute approximate surface area is 197 Å². The van der Waals surface area contributed by atoms with Gasteiger partial charge in [0.05, 0.1) is 32.4 Å². The zero-order valence-corrected chi connectivity index (χ0v) is 19.6. The van der Waals surface area contributed by atoms with Gasteiger partial charge in [-0.2, -0.15) is 0 Å². The minimum atomic E-state index is -1.33. The first-order valence-electron chi connectivity index (χ1n) is 11.6. The van der Waals surface area contributed by atoms with Crippen molar-refractivity contribution in [2.24, 2.45) is 5.41 Å². The molecule has 1 saturated heterocycles. The van der Waals surface area contributed by atoms with E-state index in [2.05, 4.69) is 4.98 Å². The molecule has 1 aliphatic carbocycles. The number of ketones is 1. The second-order valence-corrected chi connectivity index (χ2v) is 8.91. The highest BCUT2D eigenvalue weighted by molar-refractivity contribution is 6.20. The molecule has 0 amide bonds. The molecule has 2 unspecified atom stereocenters. The molecule has 1 saturated carbocycles. The van der Waals surface area contributed by atoms with Gasteiger partial charge in [-0.3, -0.25) is 9.59 Å². The van der Waals surface area contributed by atoms with E-state index < -0.39 is 29.0 Å². The molecule has 0 bridgehead atoms. The molecule has 9 heteroatoms. The fourth-order valence-electron chi connectivity index (χ4n) is 5.18. The third-order valence-corrected chi connectivity index (χ3v) is 7.04. The van der Waals surface area contributed by atoms with Gasteiger partial charge in [-0.25, -0.2) is 9.37 Å². The monoisotopic (exact) mass is 469 g/mol. The van der Waals surface area contributed by atoms with Gasteiger partial charge in [-0.15, -0.1) is 0 Å². The Bertz CT molecular complexity index is 1150. The largest absolute Gasteiger partial charge is 0.497 e. The first kappa shape index (κ1) is 22.4. The topological polar surface area (TPSA) is 81.2 Å². The molecular formula is C25H28FN3O5. The third kappa shape index (κ3) is 3.36. The normalized spacial score (nSPS) is 22.8. The van der Waals surface area contributed by atoms with Crippen LogP contribution in [-0.2, 0) is 16.1 Å². The summed E-state index contributed by atoms with van der Waals surface area (Å²) < 4.78 is 31.3. The van der Waals surface area contributed by atoms with Crippen LogP contribution in [0.2, 0.25) is 0 Å². The minimum absolute atomic E-state index is 0.120. The second kappa shape index (κ2) is 8.45. The summed E-state index contributed by atoms with van der Waals surface area (Å²) in [6.45, 7) is 3.65. The highest BCUT2D eigenvalue weighted by Crippen LogP contribution is 2.58. The SMILES string of the molecule is CCOC(=O)C12CC1N(Cc1ccc(OC)cc1OC)c1nc(N3CCCC3)c(F)cc1C2=O. The number of hydrogen-bond acceptors (Lipinski definition) is 8. The van der Waals surface area contributed by atoms with E-state index in [-0.39, 0.29) is 18.0 Å². The molecule has 5 rings (SSSR count). The average Bonchev–Trinajstić information content (AvgIpc) is 3.38. The van der Waals surface area contributed by atoms with Crippen LogP contribution in [0.4, 0.5) is 16.0 Å². The maximum Gasteiger partial charge on any atom is 0.322 e. The van der Waals surface area contributed by atoms with E-state index in [1.54, 1.807) is 27.2 Å². The maximum absolute atomic E-state index is 15.1. The third-order valence-electron chi connectivity index (χ3n) is 7.04. The van der Waals surface area contributed by atoms with Crippen LogP contribution in [-0.4, -0.2) is 56.7 Å². The molecule has 3 heterocycles. The van der Waals surface area contributed by atoms with Crippen LogP contribution in [0.5, 0.6) is 11.5 Å². The van der Waals surface area contributed by atoms with E-state index in [1.807, 2.05) is 21.9 Å². The van der Waals surface area contributed by atoms with Crippen molar-refractivity contribution in [1.82, 2.24) is 4.98 Å². The van der Waals surface area contributed by atoms with E-state index in [0.717, 1.165) is 31.5 Å². The fraction of sp³-hybridized carbons (Fsp3) is 0.480. The van der Waals surface area contributed by atoms with Crippen molar-refractivity contribution in [3.8, 4) is 11.5 Å². The Hall–Kier alpha value is -3.36. The zero-order chi connectivity index (χ0) is 24.0. The summed E-state index contributed by atoms with van der Waals surface area (Å²) in [6.07, 6.45) is 2.25. The quantitative estimate of drug-likeness (QED) is 0.451. The molecule has 3 aliphatic rings. The predicted octanol–water partition coefficient (Wildman–Crippen LogP) is 3.36. The smallest absolute Gasteiger partial charge is 0.322 e. The highest BCUT2D eigenvalue weighted by atomic mass is 19.1. The van der Waals surface area contributed by atoms with Crippen LogP contribution in [0, 0.1) is 11.2 Å². The Kier molecular flexibility index (Phi) is 5.58. The van der Waals surface area contributed by atoms with Gasteiger partial charge < -0.3 is 24.0 Å². The number of esters is 1. The fourth-order valence-corrected chi connectivity index (χ4v) is 5.18. The number of ether oxygens (including phenoxy) is 3. The van der Waals surface area contributed by atoms with Gasteiger partial charge in [-0.1, -0.05) is 0 Å². The van der Waals surface area contributed by atoms with Crippen molar-refractivity contribution in [2.45, 2.75) is 38.8 Å². The number of nitrogens with zero attached hydrogens (tertiary/aromatic N) is 3. The van der Waals surface area contributed by atoms with Crippen molar-refractivity contribution in [3.05, 3.63) is 41.2 Å². The molecule has 34 heavy (non-hydrogen) atoms.